The number of nitrogens with one attached hydrogen (secondary N) is 2. The standard InChI is InChI=1S/C16H20F3N3O3/c1-20-8-3-6-14(23)21-13-7-9-22(15(13)24)11-4-2-5-12(10-11)25-16(17,18)19/h2,4-5,10,13,20H,3,6-9H2,1H3,(H,21,23). The fourth-order valence-corrected chi connectivity index (χ4v) is 2.61. The van der Waals surface area contributed by atoms with Gasteiger partial charge in [0.25, 0.3) is 0 Å². The molecule has 25 heavy (non-hydrogen) atoms. The summed E-state index contributed by atoms with van der Waals surface area (Å²) in [5.41, 5.74) is 0.304. The number of carbonyl (C=O) groups excluding carboxylic acids is 2. The second-order valence-corrected chi connectivity index (χ2v) is 5.65. The van der Waals surface area contributed by atoms with Crippen molar-refractivity contribution in [1.82, 2.24) is 10.6 Å². The highest BCUT2D eigenvalue weighted by atomic mass is 19.4. The van der Waals surface area contributed by atoms with Gasteiger partial charge in [0.2, 0.25) is 11.8 Å². The zero-order valence-electron chi connectivity index (χ0n) is 13.7. The Morgan fingerprint density at radius 1 is 1.40 bits per heavy atom. The van der Waals surface area contributed by atoms with E-state index in [0.717, 1.165) is 6.07 Å². The monoisotopic (exact) mass is 359 g/mol. The number of hydrogen-bond donors (Lipinski definition) is 2. The van der Waals surface area contributed by atoms with Crippen molar-refractivity contribution in [3.05, 3.63) is 24.3 Å². The summed E-state index contributed by atoms with van der Waals surface area (Å²) in [5, 5.41) is 5.60. The number of halogens is 3. The van der Waals surface area contributed by atoms with Crippen LogP contribution in [0, 0.1) is 0 Å². The van der Waals surface area contributed by atoms with Crippen molar-refractivity contribution < 1.29 is 27.5 Å². The van der Waals surface area contributed by atoms with E-state index in [-0.39, 0.29) is 11.8 Å². The van der Waals surface area contributed by atoms with Gasteiger partial charge in [-0.1, -0.05) is 6.07 Å². The molecule has 2 amide bonds. The first-order valence-corrected chi connectivity index (χ1v) is 7.91. The normalized spacial score (nSPS) is 17.7. The number of ether oxygens (including phenoxy) is 1. The van der Waals surface area contributed by atoms with Crippen LogP contribution in [0.3, 0.4) is 0 Å². The third-order valence-corrected chi connectivity index (χ3v) is 3.73. The van der Waals surface area contributed by atoms with E-state index in [1.54, 1.807) is 7.05 Å². The second kappa shape index (κ2) is 8.19. The Kier molecular flexibility index (Phi) is 6.24. The molecular weight excluding hydrogens is 339 g/mol. The van der Waals surface area contributed by atoms with Gasteiger partial charge in [0.15, 0.2) is 0 Å². The fourth-order valence-electron chi connectivity index (χ4n) is 2.61. The maximum absolute atomic E-state index is 12.4. The largest absolute Gasteiger partial charge is 0.573 e. The number of nitrogens with zero attached hydrogens (tertiary/aromatic N) is 1. The summed E-state index contributed by atoms with van der Waals surface area (Å²) in [6.45, 7) is 1.01. The number of alkyl halides is 3. The molecule has 2 rings (SSSR count). The van der Waals surface area contributed by atoms with Gasteiger partial charge in [-0.05, 0) is 38.6 Å². The smallest absolute Gasteiger partial charge is 0.406 e. The van der Waals surface area contributed by atoms with E-state index in [1.165, 1.54) is 23.1 Å². The van der Waals surface area contributed by atoms with Crippen LogP contribution in [0.5, 0.6) is 5.75 Å². The Morgan fingerprint density at radius 3 is 2.84 bits per heavy atom. The Hall–Kier alpha value is -2.29. The number of rotatable bonds is 7. The first-order chi connectivity index (χ1) is 11.8. The van der Waals surface area contributed by atoms with Gasteiger partial charge in [0.1, 0.15) is 11.8 Å². The van der Waals surface area contributed by atoms with Crippen LogP contribution in [0.25, 0.3) is 0 Å². The van der Waals surface area contributed by atoms with Crippen molar-refractivity contribution in [2.24, 2.45) is 0 Å². The highest BCUT2D eigenvalue weighted by Gasteiger charge is 2.34. The second-order valence-electron chi connectivity index (χ2n) is 5.65. The van der Waals surface area contributed by atoms with E-state index < -0.39 is 18.2 Å². The summed E-state index contributed by atoms with van der Waals surface area (Å²) < 4.78 is 40.8. The van der Waals surface area contributed by atoms with Gasteiger partial charge < -0.3 is 20.3 Å². The third kappa shape index (κ3) is 5.63. The van der Waals surface area contributed by atoms with Crippen molar-refractivity contribution >= 4 is 17.5 Å². The molecule has 1 atom stereocenters. The van der Waals surface area contributed by atoms with Crippen LogP contribution in [-0.4, -0.2) is 44.4 Å². The summed E-state index contributed by atoms with van der Waals surface area (Å²) >= 11 is 0. The minimum absolute atomic E-state index is 0.218. The molecule has 0 radical (unpaired) electrons. The molecule has 1 heterocycles. The van der Waals surface area contributed by atoms with Gasteiger partial charge in [0, 0.05) is 24.7 Å². The van der Waals surface area contributed by atoms with Crippen LogP contribution >= 0.6 is 0 Å². The quantitative estimate of drug-likeness (QED) is 0.729. The lowest BCUT2D eigenvalue weighted by molar-refractivity contribution is -0.274. The van der Waals surface area contributed by atoms with Gasteiger partial charge in [-0.3, -0.25) is 9.59 Å². The van der Waals surface area contributed by atoms with Crippen LogP contribution < -0.4 is 20.3 Å². The van der Waals surface area contributed by atoms with Crippen molar-refractivity contribution in [2.45, 2.75) is 31.7 Å². The molecular formula is C16H20F3N3O3. The van der Waals surface area contributed by atoms with Gasteiger partial charge >= 0.3 is 6.36 Å². The number of benzene rings is 1. The van der Waals surface area contributed by atoms with Crippen molar-refractivity contribution in [3.63, 3.8) is 0 Å². The fraction of sp³-hybridized carbons (Fsp3) is 0.500. The average molecular weight is 359 g/mol. The van der Waals surface area contributed by atoms with Crippen LogP contribution in [0.4, 0.5) is 18.9 Å². The van der Waals surface area contributed by atoms with Gasteiger partial charge in [-0.25, -0.2) is 0 Å². The molecule has 0 bridgehead atoms. The van der Waals surface area contributed by atoms with Crippen molar-refractivity contribution in [1.29, 1.82) is 0 Å². The van der Waals surface area contributed by atoms with Crippen LogP contribution in [0.15, 0.2) is 24.3 Å². The molecule has 2 N–H and O–H groups in total. The van der Waals surface area contributed by atoms with E-state index in [4.69, 9.17) is 0 Å². The number of amides is 2. The molecule has 1 aromatic carbocycles. The van der Waals surface area contributed by atoms with Crippen molar-refractivity contribution in [3.8, 4) is 5.75 Å². The first kappa shape index (κ1) is 19.0. The lowest BCUT2D eigenvalue weighted by Crippen LogP contribution is -2.41. The molecule has 1 saturated heterocycles. The molecule has 1 aliphatic rings. The van der Waals surface area contributed by atoms with Crippen LogP contribution in [0.1, 0.15) is 19.3 Å². The van der Waals surface area contributed by atoms with Gasteiger partial charge in [0.05, 0.1) is 0 Å². The number of carbonyl (C=O) groups is 2. The molecule has 0 saturated carbocycles. The molecule has 0 aromatic heterocycles. The minimum atomic E-state index is -4.79. The molecule has 138 valence electrons. The first-order valence-electron chi connectivity index (χ1n) is 7.91. The zero-order valence-corrected chi connectivity index (χ0v) is 13.7. The molecule has 0 spiro atoms. The lowest BCUT2D eigenvalue weighted by Gasteiger charge is -2.18. The Morgan fingerprint density at radius 2 is 2.16 bits per heavy atom. The Labute approximate surface area is 143 Å². The van der Waals surface area contributed by atoms with Crippen LogP contribution in [0.2, 0.25) is 0 Å². The molecule has 6 nitrogen and oxygen atoms in total. The summed E-state index contributed by atoms with van der Waals surface area (Å²) in [5.74, 6) is -0.951. The summed E-state index contributed by atoms with van der Waals surface area (Å²) in [7, 11) is 1.78. The SMILES string of the molecule is CNCCCC(=O)NC1CCN(c2cccc(OC(F)(F)F)c2)C1=O. The van der Waals surface area contributed by atoms with Gasteiger partial charge in [-0.15, -0.1) is 13.2 Å². The van der Waals surface area contributed by atoms with E-state index in [0.29, 0.717) is 38.0 Å². The summed E-state index contributed by atoms with van der Waals surface area (Å²) in [6.07, 6.45) is -3.43. The summed E-state index contributed by atoms with van der Waals surface area (Å²) in [4.78, 5) is 25.6. The van der Waals surface area contributed by atoms with E-state index in [1.807, 2.05) is 0 Å². The van der Waals surface area contributed by atoms with E-state index in [9.17, 15) is 22.8 Å². The highest BCUT2D eigenvalue weighted by molar-refractivity contribution is 6.01. The molecule has 1 aliphatic heterocycles. The summed E-state index contributed by atoms with van der Waals surface area (Å²) in [6, 6.07) is 4.57. The van der Waals surface area contributed by atoms with Crippen molar-refractivity contribution in [2.75, 3.05) is 25.0 Å². The maximum atomic E-state index is 12.4. The number of hydrogen-bond acceptors (Lipinski definition) is 4. The molecule has 9 heteroatoms. The molecule has 1 unspecified atom stereocenters. The number of anilines is 1. The Balaban J connectivity index is 1.97. The predicted octanol–water partition coefficient (Wildman–Crippen LogP) is 1.81. The Bertz CT molecular complexity index is 622. The van der Waals surface area contributed by atoms with E-state index >= 15 is 0 Å². The zero-order chi connectivity index (χ0) is 18.4. The van der Waals surface area contributed by atoms with Crippen LogP contribution in [-0.2, 0) is 9.59 Å². The molecule has 1 aromatic rings. The van der Waals surface area contributed by atoms with E-state index in [2.05, 4.69) is 15.4 Å². The van der Waals surface area contributed by atoms with Gasteiger partial charge in [-0.2, -0.15) is 0 Å². The lowest BCUT2D eigenvalue weighted by atomic mass is 10.2. The predicted molar refractivity (Wildman–Crippen MR) is 85.2 cm³/mol. The maximum Gasteiger partial charge on any atom is 0.573 e. The average Bonchev–Trinajstić information content (AvgIpc) is 2.87. The molecule has 0 aliphatic carbocycles. The third-order valence-electron chi connectivity index (χ3n) is 3.73. The molecule has 1 fully saturated rings. The minimum Gasteiger partial charge on any atom is -0.406 e. The highest BCUT2D eigenvalue weighted by Crippen LogP contribution is 2.29. The topological polar surface area (TPSA) is 70.7 Å².